The van der Waals surface area contributed by atoms with Crippen LogP contribution in [0.3, 0.4) is 0 Å². The molecule has 1 amide bonds. The van der Waals surface area contributed by atoms with Crippen molar-refractivity contribution >= 4 is 53.3 Å². The maximum absolute atomic E-state index is 15.3. The van der Waals surface area contributed by atoms with Gasteiger partial charge in [0.2, 0.25) is 5.79 Å². The van der Waals surface area contributed by atoms with Gasteiger partial charge in [0.15, 0.2) is 6.10 Å². The van der Waals surface area contributed by atoms with Gasteiger partial charge in [0.25, 0.3) is 11.7 Å². The zero-order chi connectivity index (χ0) is 86.0. The highest BCUT2D eigenvalue weighted by molar-refractivity contribution is 6.39. The number of hydrogen-bond donors (Lipinski definition) is 2. The molecule has 1 aliphatic carbocycles. The predicted octanol–water partition coefficient (Wildman–Crippen LogP) is 19.5. The van der Waals surface area contributed by atoms with Crippen molar-refractivity contribution in [2.45, 2.75) is 419 Å². The van der Waals surface area contributed by atoms with Gasteiger partial charge in [-0.1, -0.05) is 240 Å². The molecule has 1 aromatic rings. The number of aliphatic hydroxyl groups excluding tert-OH is 1. The summed E-state index contributed by atoms with van der Waals surface area (Å²) in [6, 6.07) is 2.33. The molecule has 21 heteroatoms. The fourth-order valence-corrected chi connectivity index (χ4v) is 18.5. The largest absolute Gasteiger partial charge is 0.462 e. The molecule has 117 heavy (non-hydrogen) atoms. The van der Waals surface area contributed by atoms with Crippen molar-refractivity contribution in [3.05, 3.63) is 53.1 Å². The molecule has 0 radical (unpaired) electrons. The highest BCUT2D eigenvalue weighted by atomic mass is 16.7. The number of piperidine rings is 1. The molecule has 2 N–H and O–H groups in total. The number of methoxy groups -OCH3 is 2. The summed E-state index contributed by atoms with van der Waals surface area (Å²) >= 11 is 0. The average Bonchev–Trinajstić information content (AvgIpc) is 0.887. The van der Waals surface area contributed by atoms with Gasteiger partial charge in [0.1, 0.15) is 43.0 Å². The topological polar surface area (TPSA) is 280 Å². The number of ketones is 2. The van der Waals surface area contributed by atoms with E-state index in [0.717, 1.165) is 49.7 Å². The standard InChI is InChI=1S/C96H157NO20/c1-16-19-21-23-25-27-29-31-33-35-37-39-41-47-84(100)111-64-76(65-112-85(101)48-42-40-38-36-34-32-30-28-26-24-22-20-17-2)113-86(102)51-52-87(103)115-82-57-68(6)55-69(7)89(82)95(12,13)63-88(104)114-80-62-79(99)75(45-18-3)56-66(4)54-67(5)58-83(110-15)91-70(8)59-72(10)96(108,117-91)92(105)93(106)97-53-44-43-46-77(97)94(107)116-90(73(80)11)71(9)60-74-49-50-78(98)81(61-74)109-14/h18,55-57,67,70-78,80-81,83,90-91,98,108H,3,16-17,19-54,58-65H2,1-2,4-15H3/b66-56+/t67-,70-,71?,72+,73+,74?,75+,77-,78+,80-,81+,83-,90+,91-,96+/m0/s1. The van der Waals surface area contributed by atoms with Gasteiger partial charge >= 0.3 is 35.8 Å². The fourth-order valence-electron chi connectivity index (χ4n) is 18.5. The van der Waals surface area contributed by atoms with E-state index in [9.17, 15) is 39.0 Å². The molecule has 2 saturated heterocycles. The molecule has 2 unspecified atom stereocenters. The number of nitrogens with zero attached hydrogens (tertiary/aromatic N) is 1. The van der Waals surface area contributed by atoms with E-state index in [4.69, 9.17) is 42.6 Å². The molecular formula is C96H157NO20. The number of rotatable bonds is 48. The third-order valence-electron chi connectivity index (χ3n) is 25.2. The zero-order valence-corrected chi connectivity index (χ0v) is 74.9. The summed E-state index contributed by atoms with van der Waals surface area (Å²) in [5.41, 5.74) is 1.68. The first-order valence-corrected chi connectivity index (χ1v) is 45.9. The van der Waals surface area contributed by atoms with Gasteiger partial charge in [-0.05, 0) is 145 Å². The Morgan fingerprint density at radius 2 is 1.19 bits per heavy atom. The number of allylic oxidation sites excluding steroid dienone is 3. The number of unbranched alkanes of at least 4 members (excludes halogenated alkanes) is 24. The van der Waals surface area contributed by atoms with Crippen molar-refractivity contribution < 1.29 is 96.0 Å². The van der Waals surface area contributed by atoms with Gasteiger partial charge in [-0.25, -0.2) is 4.79 Å². The number of carbonyl (C=O) groups is 9. The summed E-state index contributed by atoms with van der Waals surface area (Å²) in [5.74, 6) is -12.0. The first-order valence-electron chi connectivity index (χ1n) is 45.9. The molecule has 15 atom stereocenters. The lowest BCUT2D eigenvalue weighted by molar-refractivity contribution is -0.290. The molecule has 5 rings (SSSR count). The lowest BCUT2D eigenvalue weighted by atomic mass is 9.76. The number of carbonyl (C=O) groups excluding carboxylic acids is 9. The number of fused-ring (bicyclic) bond motifs is 3. The Morgan fingerprint density at radius 3 is 1.73 bits per heavy atom. The van der Waals surface area contributed by atoms with Crippen molar-refractivity contribution in [1.82, 2.24) is 4.90 Å². The van der Waals surface area contributed by atoms with E-state index in [1.807, 2.05) is 67.5 Å². The van der Waals surface area contributed by atoms with E-state index in [-0.39, 0.29) is 87.6 Å². The lowest BCUT2D eigenvalue weighted by Gasteiger charge is -2.46. The Kier molecular flexibility index (Phi) is 47.4. The quantitative estimate of drug-likeness (QED) is 0.0153. The van der Waals surface area contributed by atoms with Crippen LogP contribution in [0.15, 0.2) is 36.4 Å². The van der Waals surface area contributed by atoms with Gasteiger partial charge in [-0.3, -0.25) is 38.4 Å². The number of benzene rings is 1. The van der Waals surface area contributed by atoms with Gasteiger partial charge in [0.05, 0.1) is 43.7 Å². The molecule has 3 heterocycles. The van der Waals surface area contributed by atoms with Crippen LogP contribution in [0.4, 0.5) is 0 Å². The second-order valence-electron chi connectivity index (χ2n) is 36.3. The van der Waals surface area contributed by atoms with Crippen LogP contribution in [0.5, 0.6) is 5.75 Å². The minimum absolute atomic E-state index is 0.00617. The molecule has 1 aromatic carbocycles. The highest BCUT2D eigenvalue weighted by Crippen LogP contribution is 2.43. The molecule has 3 fully saturated rings. The van der Waals surface area contributed by atoms with Crippen LogP contribution in [0.1, 0.15) is 362 Å². The first-order chi connectivity index (χ1) is 55.9. The molecule has 0 spiro atoms. The number of hydrogen-bond acceptors (Lipinski definition) is 20. The second-order valence-corrected chi connectivity index (χ2v) is 36.3. The molecule has 1 saturated carbocycles. The molecular weight excluding hydrogens is 1490 g/mol. The lowest BCUT2D eigenvalue weighted by Crippen LogP contribution is -2.63. The molecule has 4 aliphatic rings. The van der Waals surface area contributed by atoms with E-state index in [0.29, 0.717) is 81.8 Å². The second kappa shape index (κ2) is 54.5. The minimum Gasteiger partial charge on any atom is -0.462 e. The first kappa shape index (κ1) is 102. The minimum atomic E-state index is -2.54. The summed E-state index contributed by atoms with van der Waals surface area (Å²) < 4.78 is 54.9. The summed E-state index contributed by atoms with van der Waals surface area (Å²) in [7, 11) is 3.11. The number of cyclic esters (lactones) is 1. The number of aliphatic hydroxyl groups is 2. The number of ether oxygens (including phenoxy) is 9. The van der Waals surface area contributed by atoms with E-state index in [1.54, 1.807) is 40.2 Å². The average molecular weight is 1650 g/mol. The Bertz CT molecular complexity index is 3170. The van der Waals surface area contributed by atoms with Crippen molar-refractivity contribution in [1.29, 1.82) is 0 Å². The Hall–Kier alpha value is -5.87. The smallest absolute Gasteiger partial charge is 0.329 e. The van der Waals surface area contributed by atoms with Crippen LogP contribution in [-0.2, 0) is 86.5 Å². The summed E-state index contributed by atoms with van der Waals surface area (Å²) in [6.07, 6.45) is 31.6. The third-order valence-corrected chi connectivity index (χ3v) is 25.2. The monoisotopic (exact) mass is 1640 g/mol. The van der Waals surface area contributed by atoms with Gasteiger partial charge in [0, 0.05) is 68.8 Å². The van der Waals surface area contributed by atoms with Crippen molar-refractivity contribution in [2.24, 2.45) is 41.4 Å². The van der Waals surface area contributed by atoms with Crippen LogP contribution in [0, 0.1) is 55.3 Å². The van der Waals surface area contributed by atoms with Crippen LogP contribution in [0.2, 0.25) is 0 Å². The van der Waals surface area contributed by atoms with Crippen LogP contribution in [0.25, 0.3) is 0 Å². The normalized spacial score (nSPS) is 26.1. The third kappa shape index (κ3) is 35.6. The van der Waals surface area contributed by atoms with Crippen LogP contribution >= 0.6 is 0 Å². The van der Waals surface area contributed by atoms with Gasteiger partial charge < -0.3 is 57.7 Å². The van der Waals surface area contributed by atoms with E-state index in [1.165, 1.54) is 120 Å². The Labute approximate surface area is 704 Å². The number of esters is 6. The Balaban J connectivity index is 1.37. The maximum atomic E-state index is 15.3. The van der Waals surface area contributed by atoms with Crippen LogP contribution < -0.4 is 4.74 Å². The molecule has 666 valence electrons. The Morgan fingerprint density at radius 1 is 0.650 bits per heavy atom. The van der Waals surface area contributed by atoms with Crippen LogP contribution in [-0.4, -0.2) is 157 Å². The zero-order valence-electron chi connectivity index (χ0n) is 74.9. The molecule has 3 aliphatic heterocycles. The predicted molar refractivity (Wildman–Crippen MR) is 456 cm³/mol. The van der Waals surface area contributed by atoms with Crippen molar-refractivity contribution in [3.8, 4) is 5.75 Å². The SMILES string of the molecule is C=CC[C@@H]1/C=C(\C)C[C@H](C)C[C@H](OC)[C@H]2O[C@@](O)(C(=O)C(=O)N3CCCC[C@H]3C(=O)O[C@H](C(C)CC3CC[C@@H](O)[C@H](OC)C3)[C@H](C)[C@@H](OC(=O)CC(C)(C)c3c(C)cc(C)cc3OC(=O)CCC(=O)OC(COC(=O)CCCCCCCCCCCCCCC)COC(=O)CCCCCCCCCCCCCCC)CC1=O)[C@H](C)C[C@@H]2C. The van der Waals surface area contributed by atoms with Crippen molar-refractivity contribution in [3.63, 3.8) is 0 Å². The van der Waals surface area contributed by atoms with E-state index < -0.39 is 144 Å². The summed E-state index contributed by atoms with van der Waals surface area (Å²) in [5, 5.41) is 23.3. The number of aryl methyl sites for hydroxylation is 2. The van der Waals surface area contributed by atoms with Crippen molar-refractivity contribution in [2.75, 3.05) is 34.0 Å². The maximum Gasteiger partial charge on any atom is 0.329 e. The van der Waals surface area contributed by atoms with Gasteiger partial charge in [-0.15, -0.1) is 6.58 Å². The highest BCUT2D eigenvalue weighted by Gasteiger charge is 2.56. The molecule has 0 aromatic heterocycles. The fraction of sp³-hybridized carbons (Fsp3) is 0.802. The molecule has 2 bridgehead atoms. The number of amides is 1. The van der Waals surface area contributed by atoms with Gasteiger partial charge in [-0.2, -0.15) is 0 Å². The number of Topliss-reactive ketones (excluding diaryl/α,β-unsaturated/α-hetero) is 2. The molecule has 21 nitrogen and oxygen atoms in total. The van der Waals surface area contributed by atoms with E-state index >= 15 is 14.4 Å². The summed E-state index contributed by atoms with van der Waals surface area (Å²) in [4.78, 5) is 131. The summed E-state index contributed by atoms with van der Waals surface area (Å²) in [6.45, 7) is 26.5. The van der Waals surface area contributed by atoms with E-state index in [2.05, 4.69) is 20.4 Å².